The molecular formula is C29H30Cl2F3N7O3. The Morgan fingerprint density at radius 2 is 1.70 bits per heavy atom. The van der Waals surface area contributed by atoms with E-state index in [9.17, 15) is 22.8 Å². The summed E-state index contributed by atoms with van der Waals surface area (Å²) in [6.07, 6.45) is -4.21. The summed E-state index contributed by atoms with van der Waals surface area (Å²) in [5.74, 6) is 0.279. The lowest BCUT2D eigenvalue weighted by Gasteiger charge is -2.43. The molecule has 2 aromatic carbocycles. The van der Waals surface area contributed by atoms with Gasteiger partial charge in [0.15, 0.2) is 0 Å². The van der Waals surface area contributed by atoms with Gasteiger partial charge in [-0.25, -0.2) is 9.78 Å². The molecule has 1 atom stereocenters. The zero-order valence-corrected chi connectivity index (χ0v) is 25.8. The molecule has 3 aromatic rings. The number of anilines is 5. The van der Waals surface area contributed by atoms with Gasteiger partial charge in [-0.2, -0.15) is 18.2 Å². The van der Waals surface area contributed by atoms with Crippen LogP contribution in [0, 0.1) is 0 Å². The van der Waals surface area contributed by atoms with Gasteiger partial charge in [-0.15, -0.1) is 0 Å². The van der Waals surface area contributed by atoms with E-state index < -0.39 is 30.5 Å². The van der Waals surface area contributed by atoms with Gasteiger partial charge in [0.25, 0.3) is 5.91 Å². The van der Waals surface area contributed by atoms with Crippen molar-refractivity contribution in [3.05, 3.63) is 64.3 Å². The number of nitrogens with one attached hydrogen (secondary N) is 1. The maximum atomic E-state index is 14.0. The number of alkyl halides is 3. The number of aromatic nitrogens is 2. The molecule has 2 amide bonds. The first kappa shape index (κ1) is 31.5. The Morgan fingerprint density at radius 1 is 1.05 bits per heavy atom. The molecule has 0 saturated carbocycles. The largest absolute Gasteiger partial charge is 0.444 e. The van der Waals surface area contributed by atoms with E-state index in [4.69, 9.17) is 27.9 Å². The summed E-state index contributed by atoms with van der Waals surface area (Å²) < 4.78 is 47.1. The SMILES string of the molecule is CN1CN(c2c(Cl)cccc2Cl)C(=O)c2cnc(Nc3ccc(N4CCN(C(=O)OC(C)(C)C)C(C(F)(F)F)C4)cc3)nc21. The second kappa shape index (κ2) is 11.8. The lowest BCUT2D eigenvalue weighted by molar-refractivity contribution is -0.181. The van der Waals surface area contributed by atoms with Gasteiger partial charge in [0.1, 0.15) is 23.0 Å². The van der Waals surface area contributed by atoms with E-state index >= 15 is 0 Å². The van der Waals surface area contributed by atoms with Crippen LogP contribution >= 0.6 is 23.2 Å². The molecule has 3 heterocycles. The highest BCUT2D eigenvalue weighted by atomic mass is 35.5. The summed E-state index contributed by atoms with van der Waals surface area (Å²) in [5.41, 5.74) is 0.894. The molecule has 1 unspecified atom stereocenters. The number of carbonyl (C=O) groups is 2. The van der Waals surface area contributed by atoms with E-state index in [0.29, 0.717) is 32.9 Å². The van der Waals surface area contributed by atoms with Crippen molar-refractivity contribution in [2.75, 3.05) is 53.4 Å². The molecule has 0 bridgehead atoms. The summed E-state index contributed by atoms with van der Waals surface area (Å²) in [6.45, 7) is 4.61. The summed E-state index contributed by atoms with van der Waals surface area (Å²) in [5, 5.41) is 3.75. The number of nitrogens with zero attached hydrogens (tertiary/aromatic N) is 6. The van der Waals surface area contributed by atoms with Crippen LogP contribution in [0.15, 0.2) is 48.7 Å². The topological polar surface area (TPSA) is 94.1 Å². The molecule has 0 spiro atoms. The van der Waals surface area contributed by atoms with Crippen molar-refractivity contribution in [1.29, 1.82) is 0 Å². The van der Waals surface area contributed by atoms with Gasteiger partial charge in [-0.1, -0.05) is 29.3 Å². The maximum absolute atomic E-state index is 14.0. The fourth-order valence-electron chi connectivity index (χ4n) is 5.00. The van der Waals surface area contributed by atoms with Crippen LogP contribution in [-0.4, -0.2) is 78.0 Å². The third-order valence-corrected chi connectivity index (χ3v) is 7.65. The fourth-order valence-corrected chi connectivity index (χ4v) is 5.61. The normalized spacial score (nSPS) is 17.5. The van der Waals surface area contributed by atoms with E-state index in [-0.39, 0.29) is 37.2 Å². The minimum Gasteiger partial charge on any atom is -0.444 e. The van der Waals surface area contributed by atoms with E-state index in [2.05, 4.69) is 15.3 Å². The number of rotatable bonds is 4. The second-order valence-corrected chi connectivity index (χ2v) is 12.2. The van der Waals surface area contributed by atoms with Crippen LogP contribution in [0.4, 0.5) is 46.8 Å². The van der Waals surface area contributed by atoms with Crippen molar-refractivity contribution >= 4 is 64.0 Å². The number of para-hydroxylation sites is 1. The predicted octanol–water partition coefficient (Wildman–Crippen LogP) is 6.57. The zero-order valence-electron chi connectivity index (χ0n) is 24.3. The van der Waals surface area contributed by atoms with Crippen molar-refractivity contribution in [2.45, 2.75) is 38.6 Å². The van der Waals surface area contributed by atoms with Crippen LogP contribution in [-0.2, 0) is 4.74 Å². The highest BCUT2D eigenvalue weighted by molar-refractivity contribution is 6.40. The minimum atomic E-state index is -4.63. The third kappa shape index (κ3) is 6.58. The van der Waals surface area contributed by atoms with Crippen molar-refractivity contribution in [3.8, 4) is 0 Å². The predicted molar refractivity (Wildman–Crippen MR) is 163 cm³/mol. The van der Waals surface area contributed by atoms with E-state index in [1.807, 2.05) is 0 Å². The first-order valence-corrected chi connectivity index (χ1v) is 14.4. The average molecular weight is 653 g/mol. The molecule has 2 aliphatic rings. The van der Waals surface area contributed by atoms with Gasteiger partial charge in [0.05, 0.1) is 22.4 Å². The maximum Gasteiger partial charge on any atom is 0.410 e. The molecule has 15 heteroatoms. The summed E-state index contributed by atoms with van der Waals surface area (Å²) >= 11 is 12.7. The molecule has 0 aliphatic carbocycles. The quantitative estimate of drug-likeness (QED) is 0.339. The number of hydrogen-bond acceptors (Lipinski definition) is 8. The fraction of sp³-hybridized carbons (Fsp3) is 0.379. The van der Waals surface area contributed by atoms with Gasteiger partial charge in [-0.05, 0) is 57.2 Å². The highest BCUT2D eigenvalue weighted by Gasteiger charge is 2.49. The first-order valence-electron chi connectivity index (χ1n) is 13.6. The van der Waals surface area contributed by atoms with Crippen LogP contribution in [0.3, 0.4) is 0 Å². The van der Waals surface area contributed by atoms with E-state index in [1.165, 1.54) is 11.1 Å². The van der Waals surface area contributed by atoms with Gasteiger partial charge in [0.2, 0.25) is 5.95 Å². The van der Waals surface area contributed by atoms with Gasteiger partial charge in [-0.3, -0.25) is 14.6 Å². The summed E-state index contributed by atoms with van der Waals surface area (Å²) in [7, 11) is 1.77. The van der Waals surface area contributed by atoms with Crippen molar-refractivity contribution < 1.29 is 27.5 Å². The molecule has 0 radical (unpaired) electrons. The number of benzene rings is 2. The molecule has 5 rings (SSSR count). The van der Waals surface area contributed by atoms with Crippen LogP contribution in [0.1, 0.15) is 31.1 Å². The van der Waals surface area contributed by atoms with Gasteiger partial charge < -0.3 is 19.9 Å². The van der Waals surface area contributed by atoms with Crippen LogP contribution in [0.2, 0.25) is 10.0 Å². The monoisotopic (exact) mass is 651 g/mol. The number of piperazine rings is 1. The number of amides is 2. The Labute approximate surface area is 262 Å². The molecule has 234 valence electrons. The van der Waals surface area contributed by atoms with Crippen molar-refractivity contribution in [1.82, 2.24) is 14.9 Å². The van der Waals surface area contributed by atoms with Gasteiger partial charge in [0, 0.05) is 44.3 Å². The molecule has 44 heavy (non-hydrogen) atoms. The Balaban J connectivity index is 1.29. The van der Waals surface area contributed by atoms with Crippen LogP contribution in [0.25, 0.3) is 0 Å². The molecule has 10 nitrogen and oxygen atoms in total. The molecule has 1 aromatic heterocycles. The molecule has 1 fully saturated rings. The lowest BCUT2D eigenvalue weighted by Crippen LogP contribution is -2.61. The third-order valence-electron chi connectivity index (χ3n) is 7.04. The number of halogens is 5. The minimum absolute atomic E-state index is 0.144. The van der Waals surface area contributed by atoms with Crippen LogP contribution < -0.4 is 20.0 Å². The Morgan fingerprint density at radius 3 is 2.32 bits per heavy atom. The summed E-state index contributed by atoms with van der Waals surface area (Å²) in [4.78, 5) is 40.2. The molecule has 2 aliphatic heterocycles. The molecular weight excluding hydrogens is 622 g/mol. The number of hydrogen-bond donors (Lipinski definition) is 1. The molecule has 1 N–H and O–H groups in total. The molecule has 1 saturated heterocycles. The van der Waals surface area contributed by atoms with Crippen LogP contribution in [0.5, 0.6) is 0 Å². The van der Waals surface area contributed by atoms with Crippen molar-refractivity contribution in [2.24, 2.45) is 0 Å². The first-order chi connectivity index (χ1) is 20.6. The highest BCUT2D eigenvalue weighted by Crippen LogP contribution is 2.38. The summed E-state index contributed by atoms with van der Waals surface area (Å²) in [6, 6.07) is 9.72. The van der Waals surface area contributed by atoms with Gasteiger partial charge >= 0.3 is 12.3 Å². The number of carbonyl (C=O) groups excluding carboxylic acids is 2. The number of fused-ring (bicyclic) bond motifs is 1. The smallest absolute Gasteiger partial charge is 0.410 e. The zero-order chi connectivity index (χ0) is 32.0. The second-order valence-electron chi connectivity index (χ2n) is 11.4. The Bertz CT molecular complexity index is 1550. The number of ether oxygens (including phenoxy) is 1. The Hall–Kier alpha value is -3.97. The van der Waals surface area contributed by atoms with Crippen molar-refractivity contribution in [3.63, 3.8) is 0 Å². The average Bonchev–Trinajstić information content (AvgIpc) is 2.94. The standard InChI is InChI=1S/C29H30Cl2F3N7O3/c1-28(2,3)44-27(43)40-13-12-39(15-22(40)29(32,33)34)18-10-8-17(9-11-18)36-26-35-14-19-24(37-26)38(4)16-41(25(19)42)23-20(30)6-5-7-21(23)31/h5-11,14,22H,12-13,15-16H2,1-4H3,(H,35,36,37). The Kier molecular flexibility index (Phi) is 8.47. The van der Waals surface area contributed by atoms with E-state index in [1.54, 1.807) is 80.1 Å². The van der Waals surface area contributed by atoms with E-state index in [0.717, 1.165) is 4.90 Å². The lowest BCUT2D eigenvalue weighted by atomic mass is 10.1.